The van der Waals surface area contributed by atoms with Crippen molar-refractivity contribution in [2.45, 2.75) is 38.8 Å². The standard InChI is InChI=1S/C10H14N4O/c1-2-9-12-13-10(15-9)7-14(6-5-11)8-3-4-8/h8H,2-4,6-7H2,1H3. The van der Waals surface area contributed by atoms with E-state index in [1.54, 1.807) is 0 Å². The second-order valence-corrected chi connectivity index (χ2v) is 3.74. The SMILES string of the molecule is CCc1nnc(CN(CC#N)C2CC2)o1. The van der Waals surface area contributed by atoms with Crippen molar-refractivity contribution in [3.8, 4) is 6.07 Å². The van der Waals surface area contributed by atoms with Gasteiger partial charge >= 0.3 is 0 Å². The monoisotopic (exact) mass is 206 g/mol. The highest BCUT2D eigenvalue weighted by molar-refractivity contribution is 4.92. The zero-order valence-corrected chi connectivity index (χ0v) is 8.81. The molecule has 0 atom stereocenters. The van der Waals surface area contributed by atoms with E-state index >= 15 is 0 Å². The molecule has 0 amide bonds. The summed E-state index contributed by atoms with van der Waals surface area (Å²) in [5.41, 5.74) is 0. The van der Waals surface area contributed by atoms with Crippen LogP contribution in [0, 0.1) is 11.3 Å². The molecule has 1 aliphatic carbocycles. The second-order valence-electron chi connectivity index (χ2n) is 3.74. The summed E-state index contributed by atoms with van der Waals surface area (Å²) in [6.07, 6.45) is 3.11. The third-order valence-corrected chi connectivity index (χ3v) is 2.49. The maximum Gasteiger partial charge on any atom is 0.230 e. The van der Waals surface area contributed by atoms with Gasteiger partial charge in [-0.25, -0.2) is 0 Å². The Labute approximate surface area is 88.7 Å². The highest BCUT2D eigenvalue weighted by Crippen LogP contribution is 2.27. The minimum atomic E-state index is 0.439. The molecule has 0 spiro atoms. The van der Waals surface area contributed by atoms with Crippen LogP contribution in [0.25, 0.3) is 0 Å². The maximum absolute atomic E-state index is 8.68. The fourth-order valence-corrected chi connectivity index (χ4v) is 1.51. The van der Waals surface area contributed by atoms with Gasteiger partial charge in [-0.05, 0) is 12.8 Å². The van der Waals surface area contributed by atoms with Gasteiger partial charge in [0, 0.05) is 12.5 Å². The largest absolute Gasteiger partial charge is 0.424 e. The molecule has 2 rings (SSSR count). The van der Waals surface area contributed by atoms with Gasteiger partial charge in [-0.2, -0.15) is 5.26 Å². The quantitative estimate of drug-likeness (QED) is 0.675. The first-order chi connectivity index (χ1) is 7.33. The van der Waals surface area contributed by atoms with E-state index in [9.17, 15) is 0 Å². The Morgan fingerprint density at radius 2 is 2.20 bits per heavy atom. The normalized spacial score (nSPS) is 15.5. The summed E-state index contributed by atoms with van der Waals surface area (Å²) in [4.78, 5) is 2.09. The number of hydrogen-bond donors (Lipinski definition) is 0. The van der Waals surface area contributed by atoms with Gasteiger partial charge in [-0.15, -0.1) is 10.2 Å². The topological polar surface area (TPSA) is 66.0 Å². The summed E-state index contributed by atoms with van der Waals surface area (Å²) in [5, 5.41) is 16.5. The number of nitriles is 1. The van der Waals surface area contributed by atoms with Crippen LogP contribution >= 0.6 is 0 Å². The van der Waals surface area contributed by atoms with Gasteiger partial charge in [0.15, 0.2) is 0 Å². The Kier molecular flexibility index (Phi) is 2.97. The van der Waals surface area contributed by atoms with Gasteiger partial charge in [-0.3, -0.25) is 4.90 Å². The van der Waals surface area contributed by atoms with E-state index in [1.165, 1.54) is 12.8 Å². The molecule has 1 saturated carbocycles. The molecular weight excluding hydrogens is 192 g/mol. The van der Waals surface area contributed by atoms with Crippen molar-refractivity contribution in [2.75, 3.05) is 6.54 Å². The van der Waals surface area contributed by atoms with Crippen molar-refractivity contribution in [1.29, 1.82) is 5.26 Å². The number of aromatic nitrogens is 2. The lowest BCUT2D eigenvalue weighted by atomic mass is 10.4. The minimum absolute atomic E-state index is 0.439. The highest BCUT2D eigenvalue weighted by atomic mass is 16.4. The first kappa shape index (κ1) is 10.1. The number of nitrogens with zero attached hydrogens (tertiary/aromatic N) is 4. The van der Waals surface area contributed by atoms with Gasteiger partial charge in [0.1, 0.15) is 0 Å². The van der Waals surface area contributed by atoms with Crippen LogP contribution in [0.15, 0.2) is 4.42 Å². The average molecular weight is 206 g/mol. The molecule has 0 aliphatic heterocycles. The number of hydrogen-bond acceptors (Lipinski definition) is 5. The summed E-state index contributed by atoms with van der Waals surface area (Å²) in [7, 11) is 0. The summed E-state index contributed by atoms with van der Waals surface area (Å²) < 4.78 is 5.41. The van der Waals surface area contributed by atoms with Crippen molar-refractivity contribution in [2.24, 2.45) is 0 Å². The molecule has 1 heterocycles. The van der Waals surface area contributed by atoms with E-state index in [2.05, 4.69) is 21.2 Å². The molecule has 80 valence electrons. The van der Waals surface area contributed by atoms with E-state index in [0.29, 0.717) is 30.9 Å². The van der Waals surface area contributed by atoms with Crippen molar-refractivity contribution < 1.29 is 4.42 Å². The Morgan fingerprint density at radius 3 is 2.73 bits per heavy atom. The van der Waals surface area contributed by atoms with Crippen molar-refractivity contribution in [3.05, 3.63) is 11.8 Å². The zero-order chi connectivity index (χ0) is 10.7. The molecule has 0 saturated heterocycles. The molecule has 15 heavy (non-hydrogen) atoms. The molecular formula is C10H14N4O. The summed E-state index contributed by atoms with van der Waals surface area (Å²) >= 11 is 0. The Morgan fingerprint density at radius 1 is 1.47 bits per heavy atom. The lowest BCUT2D eigenvalue weighted by Crippen LogP contribution is -2.26. The van der Waals surface area contributed by atoms with Crippen LogP contribution in [0.2, 0.25) is 0 Å². The first-order valence-corrected chi connectivity index (χ1v) is 5.25. The molecule has 0 aromatic carbocycles. The molecule has 1 fully saturated rings. The van der Waals surface area contributed by atoms with Gasteiger partial charge in [0.05, 0.1) is 19.2 Å². The molecule has 5 heteroatoms. The van der Waals surface area contributed by atoms with Crippen molar-refractivity contribution >= 4 is 0 Å². The minimum Gasteiger partial charge on any atom is -0.424 e. The molecule has 1 aromatic heterocycles. The van der Waals surface area contributed by atoms with Gasteiger partial charge in [0.25, 0.3) is 0 Å². The summed E-state index contributed by atoms with van der Waals surface area (Å²) in [5.74, 6) is 1.28. The van der Waals surface area contributed by atoms with Crippen molar-refractivity contribution in [1.82, 2.24) is 15.1 Å². The Hall–Kier alpha value is -1.41. The maximum atomic E-state index is 8.68. The van der Waals surface area contributed by atoms with Crippen LogP contribution in [0.4, 0.5) is 0 Å². The lowest BCUT2D eigenvalue weighted by Gasteiger charge is -2.14. The molecule has 1 aromatic rings. The predicted octanol–water partition coefficient (Wildman–Crippen LogP) is 1.12. The lowest BCUT2D eigenvalue weighted by molar-refractivity contribution is 0.253. The Bertz CT molecular complexity index is 364. The third-order valence-electron chi connectivity index (χ3n) is 2.49. The molecule has 0 N–H and O–H groups in total. The van der Waals surface area contributed by atoms with Crippen LogP contribution < -0.4 is 0 Å². The fraction of sp³-hybridized carbons (Fsp3) is 0.700. The highest BCUT2D eigenvalue weighted by Gasteiger charge is 2.29. The summed E-state index contributed by atoms with van der Waals surface area (Å²) in [6, 6.07) is 2.71. The van der Waals surface area contributed by atoms with Crippen molar-refractivity contribution in [3.63, 3.8) is 0 Å². The predicted molar refractivity (Wildman–Crippen MR) is 52.7 cm³/mol. The van der Waals surface area contributed by atoms with Crippen LogP contribution in [0.1, 0.15) is 31.5 Å². The zero-order valence-electron chi connectivity index (χ0n) is 8.81. The molecule has 5 nitrogen and oxygen atoms in total. The average Bonchev–Trinajstić information content (AvgIpc) is 2.99. The van der Waals surface area contributed by atoms with Crippen LogP contribution in [0.3, 0.4) is 0 Å². The molecule has 0 unspecified atom stereocenters. The van der Waals surface area contributed by atoms with Gasteiger partial charge in [-0.1, -0.05) is 6.92 Å². The van der Waals surface area contributed by atoms with Gasteiger partial charge in [0.2, 0.25) is 11.8 Å². The van der Waals surface area contributed by atoms with Crippen LogP contribution in [-0.4, -0.2) is 27.7 Å². The third kappa shape index (κ3) is 2.54. The Balaban J connectivity index is 1.96. The molecule has 0 radical (unpaired) electrons. The van der Waals surface area contributed by atoms with Crippen LogP contribution in [0.5, 0.6) is 0 Å². The smallest absolute Gasteiger partial charge is 0.230 e. The molecule has 0 bridgehead atoms. The number of rotatable bonds is 5. The molecule has 1 aliphatic rings. The van der Waals surface area contributed by atoms with E-state index < -0.39 is 0 Å². The van der Waals surface area contributed by atoms with Gasteiger partial charge < -0.3 is 4.42 Å². The second kappa shape index (κ2) is 4.41. The fourth-order valence-electron chi connectivity index (χ4n) is 1.51. The van der Waals surface area contributed by atoms with E-state index in [4.69, 9.17) is 9.68 Å². The summed E-state index contributed by atoms with van der Waals surface area (Å²) in [6.45, 7) is 3.02. The van der Waals surface area contributed by atoms with E-state index in [0.717, 1.165) is 6.42 Å². The van der Waals surface area contributed by atoms with E-state index in [1.807, 2.05) is 6.92 Å². The van der Waals surface area contributed by atoms with E-state index in [-0.39, 0.29) is 0 Å². The number of aryl methyl sites for hydroxylation is 1. The first-order valence-electron chi connectivity index (χ1n) is 5.25. The van der Waals surface area contributed by atoms with Crippen LogP contribution in [-0.2, 0) is 13.0 Å².